The molecule has 1 aromatic carbocycles. The molecule has 0 heterocycles. The first-order chi connectivity index (χ1) is 7.59. The molecule has 0 saturated carbocycles. The Labute approximate surface area is 97.6 Å². The highest BCUT2D eigenvalue weighted by Gasteiger charge is 2.25. The predicted octanol–water partition coefficient (Wildman–Crippen LogP) is 3.09. The van der Waals surface area contributed by atoms with Crippen molar-refractivity contribution in [2.45, 2.75) is 27.1 Å². The van der Waals surface area contributed by atoms with Gasteiger partial charge in [-0.15, -0.1) is 4.52 Å². The van der Waals surface area contributed by atoms with E-state index in [1.165, 1.54) is 0 Å². The molecule has 16 heavy (non-hydrogen) atoms. The highest BCUT2D eigenvalue weighted by molar-refractivity contribution is 7.48. The lowest BCUT2D eigenvalue weighted by molar-refractivity contribution is -0.0705. The van der Waals surface area contributed by atoms with Gasteiger partial charge in [-0.05, 0) is 29.5 Å². The lowest BCUT2D eigenvalue weighted by atomic mass is 10.2. The fraction of sp³-hybridized carbons (Fsp3) is 0.500. The first-order valence-electron chi connectivity index (χ1n) is 5.40. The van der Waals surface area contributed by atoms with Crippen LogP contribution in [0.1, 0.15) is 20.8 Å². The highest BCUT2D eigenvalue weighted by Crippen LogP contribution is 2.24. The first kappa shape index (κ1) is 13.3. The molecule has 2 unspecified atom stereocenters. The fourth-order valence-electron chi connectivity index (χ4n) is 1.10. The Morgan fingerprint density at radius 2 is 1.81 bits per heavy atom. The summed E-state index contributed by atoms with van der Waals surface area (Å²) in [6.07, 6.45) is -0.439. The molecule has 1 rings (SSSR count). The molecule has 88 valence electrons. The Hall–Kier alpha value is -0.760. The molecular formula is C12H18O3P+. The molecule has 0 saturated heterocycles. The normalized spacial score (nSPS) is 13.9. The van der Waals surface area contributed by atoms with Crippen LogP contribution >= 0.6 is 8.03 Å². The molecule has 1 aromatic rings. The van der Waals surface area contributed by atoms with Crippen LogP contribution in [-0.2, 0) is 13.8 Å². The third-order valence-electron chi connectivity index (χ3n) is 1.88. The van der Waals surface area contributed by atoms with Gasteiger partial charge in [-0.25, -0.2) is 0 Å². The van der Waals surface area contributed by atoms with Crippen molar-refractivity contribution < 1.29 is 13.8 Å². The summed E-state index contributed by atoms with van der Waals surface area (Å²) in [6.45, 7) is 6.49. The number of benzene rings is 1. The van der Waals surface area contributed by atoms with Crippen molar-refractivity contribution in [2.75, 3.05) is 6.61 Å². The second-order valence-electron chi connectivity index (χ2n) is 3.99. The van der Waals surface area contributed by atoms with Gasteiger partial charge in [0.15, 0.2) is 0 Å². The van der Waals surface area contributed by atoms with Crippen LogP contribution in [0.3, 0.4) is 0 Å². The van der Waals surface area contributed by atoms with Gasteiger partial charge >= 0.3 is 8.03 Å². The summed E-state index contributed by atoms with van der Waals surface area (Å²) < 4.78 is 22.4. The minimum atomic E-state index is -1.82. The molecule has 0 aliphatic carbocycles. The summed E-state index contributed by atoms with van der Waals surface area (Å²) in [7, 11) is -1.82. The van der Waals surface area contributed by atoms with Gasteiger partial charge in [0.2, 0.25) is 11.6 Å². The van der Waals surface area contributed by atoms with Gasteiger partial charge in [-0.3, -0.25) is 0 Å². The van der Waals surface area contributed by atoms with Crippen LogP contribution < -0.4 is 5.30 Å². The molecular weight excluding hydrogens is 223 g/mol. The van der Waals surface area contributed by atoms with Crippen molar-refractivity contribution in [3.05, 3.63) is 30.3 Å². The van der Waals surface area contributed by atoms with E-state index in [4.69, 9.17) is 9.26 Å². The van der Waals surface area contributed by atoms with E-state index in [2.05, 4.69) is 13.8 Å². The second kappa shape index (κ2) is 6.74. The Morgan fingerprint density at radius 1 is 1.19 bits per heavy atom. The zero-order valence-electron chi connectivity index (χ0n) is 9.92. The average molecular weight is 241 g/mol. The molecule has 3 nitrogen and oxygen atoms in total. The maximum absolute atomic E-state index is 11.7. The molecule has 0 fully saturated rings. The molecule has 0 radical (unpaired) electrons. The molecule has 0 spiro atoms. The minimum Gasteiger partial charge on any atom is -0.348 e. The largest absolute Gasteiger partial charge is 0.551 e. The quantitative estimate of drug-likeness (QED) is 0.567. The Kier molecular flexibility index (Phi) is 5.61. The van der Waals surface area contributed by atoms with Crippen molar-refractivity contribution in [3.63, 3.8) is 0 Å². The fourth-order valence-corrected chi connectivity index (χ4v) is 1.97. The summed E-state index contributed by atoms with van der Waals surface area (Å²) in [5, 5.41) is 0.692. The van der Waals surface area contributed by atoms with E-state index < -0.39 is 14.3 Å². The van der Waals surface area contributed by atoms with E-state index in [0.29, 0.717) is 17.8 Å². The van der Waals surface area contributed by atoms with E-state index in [9.17, 15) is 4.57 Å². The van der Waals surface area contributed by atoms with Gasteiger partial charge in [-0.1, -0.05) is 32.0 Å². The topological polar surface area (TPSA) is 35.5 Å². The molecule has 0 aromatic heterocycles. The standard InChI is InChI=1S/C12H18O3P/c1-10(2)9-14-11(3)15-16(13)12-7-5-4-6-8-12/h4-8,10-11H,9H2,1-3H3/q+1. The first-order valence-corrected chi connectivity index (χ1v) is 6.58. The zero-order chi connectivity index (χ0) is 12.0. The summed E-state index contributed by atoms with van der Waals surface area (Å²) in [6, 6.07) is 9.13. The van der Waals surface area contributed by atoms with Gasteiger partial charge in [0.05, 0.1) is 6.61 Å². The number of ether oxygens (including phenoxy) is 1. The molecule has 4 heteroatoms. The van der Waals surface area contributed by atoms with Crippen molar-refractivity contribution >= 4 is 13.3 Å². The van der Waals surface area contributed by atoms with Crippen LogP contribution in [-0.4, -0.2) is 12.9 Å². The van der Waals surface area contributed by atoms with Crippen LogP contribution in [0.25, 0.3) is 0 Å². The third kappa shape index (κ3) is 4.84. The maximum atomic E-state index is 11.7. The second-order valence-corrected chi connectivity index (χ2v) is 5.23. The van der Waals surface area contributed by atoms with Gasteiger partial charge in [0.1, 0.15) is 0 Å². The van der Waals surface area contributed by atoms with E-state index >= 15 is 0 Å². The molecule has 0 amide bonds. The van der Waals surface area contributed by atoms with Crippen molar-refractivity contribution in [3.8, 4) is 0 Å². The molecule has 0 aliphatic rings. The molecule has 0 bridgehead atoms. The van der Waals surface area contributed by atoms with E-state index in [1.54, 1.807) is 19.1 Å². The zero-order valence-corrected chi connectivity index (χ0v) is 10.8. The number of rotatable bonds is 6. The van der Waals surface area contributed by atoms with Crippen LogP contribution in [0.4, 0.5) is 0 Å². The Bertz CT molecular complexity index is 324. The van der Waals surface area contributed by atoms with Gasteiger partial charge in [0, 0.05) is 0 Å². The molecule has 0 N–H and O–H groups in total. The Morgan fingerprint density at radius 3 is 2.38 bits per heavy atom. The van der Waals surface area contributed by atoms with Gasteiger partial charge in [0.25, 0.3) is 0 Å². The van der Waals surface area contributed by atoms with Crippen molar-refractivity contribution in [2.24, 2.45) is 5.92 Å². The van der Waals surface area contributed by atoms with Crippen molar-refractivity contribution in [1.29, 1.82) is 0 Å². The van der Waals surface area contributed by atoms with Gasteiger partial charge < -0.3 is 4.74 Å². The maximum Gasteiger partial charge on any atom is 0.551 e. The predicted molar refractivity (Wildman–Crippen MR) is 65.0 cm³/mol. The smallest absolute Gasteiger partial charge is 0.348 e. The minimum absolute atomic E-state index is 0.439. The van der Waals surface area contributed by atoms with Crippen LogP contribution in [0.5, 0.6) is 0 Å². The summed E-state index contributed by atoms with van der Waals surface area (Å²) in [5.41, 5.74) is 0. The highest BCUT2D eigenvalue weighted by atomic mass is 31.1. The van der Waals surface area contributed by atoms with Crippen LogP contribution in [0.15, 0.2) is 30.3 Å². The summed E-state index contributed by atoms with van der Waals surface area (Å²) in [5.74, 6) is 0.445. The average Bonchev–Trinajstić information content (AvgIpc) is 2.27. The van der Waals surface area contributed by atoms with Crippen LogP contribution in [0, 0.1) is 5.92 Å². The summed E-state index contributed by atoms with van der Waals surface area (Å²) >= 11 is 0. The van der Waals surface area contributed by atoms with Crippen LogP contribution in [0.2, 0.25) is 0 Å². The van der Waals surface area contributed by atoms with Gasteiger partial charge in [-0.2, -0.15) is 0 Å². The monoisotopic (exact) mass is 241 g/mol. The van der Waals surface area contributed by atoms with E-state index in [1.807, 2.05) is 18.2 Å². The molecule has 2 atom stereocenters. The lowest BCUT2D eigenvalue weighted by Crippen LogP contribution is -2.14. The SMILES string of the molecule is CC(C)COC(C)O[P+](=O)c1ccccc1. The number of hydrogen-bond donors (Lipinski definition) is 0. The lowest BCUT2D eigenvalue weighted by Gasteiger charge is -2.09. The number of hydrogen-bond acceptors (Lipinski definition) is 3. The van der Waals surface area contributed by atoms with E-state index in [0.717, 1.165) is 0 Å². The Balaban J connectivity index is 2.40. The van der Waals surface area contributed by atoms with Crippen molar-refractivity contribution in [1.82, 2.24) is 0 Å². The summed E-state index contributed by atoms with van der Waals surface area (Å²) in [4.78, 5) is 0. The third-order valence-corrected chi connectivity index (χ3v) is 3.08. The molecule has 0 aliphatic heterocycles. The van der Waals surface area contributed by atoms with E-state index in [-0.39, 0.29) is 0 Å².